The average molecular weight is 457 g/mol. The van der Waals surface area contributed by atoms with Crippen LogP contribution in [0.15, 0.2) is 59.6 Å². The van der Waals surface area contributed by atoms with E-state index in [9.17, 15) is 23.3 Å². The summed E-state index contributed by atoms with van der Waals surface area (Å²) < 4.78 is 28.0. The number of hydrogen-bond acceptors (Lipinski definition) is 5. The van der Waals surface area contributed by atoms with Gasteiger partial charge in [-0.05, 0) is 37.1 Å². The number of nitrogens with zero attached hydrogens (tertiary/aromatic N) is 2. The van der Waals surface area contributed by atoms with E-state index < -0.39 is 33.3 Å². The zero-order chi connectivity index (χ0) is 23.3. The van der Waals surface area contributed by atoms with E-state index in [2.05, 4.69) is 0 Å². The van der Waals surface area contributed by atoms with Gasteiger partial charge in [0.15, 0.2) is 0 Å². The number of nitro groups is 1. The molecule has 1 heterocycles. The molecule has 0 N–H and O–H groups in total. The van der Waals surface area contributed by atoms with Gasteiger partial charge in [0.2, 0.25) is 6.54 Å². The molecule has 0 amide bonds. The summed E-state index contributed by atoms with van der Waals surface area (Å²) in [6.07, 6.45) is 5.46. The third kappa shape index (κ3) is 4.91. The normalized spacial score (nSPS) is 13.7. The first-order chi connectivity index (χ1) is 15.3. The maximum Gasteiger partial charge on any atom is 0.268 e. The standard InChI is InChI=1S/C24H28N2O5S/c1-3-4-5-8-19(17-27)22(16-26(28)29)23-15-25(24-10-7-6-9-21(23)24)32(30,31)20-13-11-18(2)12-14-20/h6-7,9-15,17,19,22H,3-5,8,16H2,1-2H3/t19-,22-/m1/s1. The molecule has 0 fully saturated rings. The second-order valence-electron chi connectivity index (χ2n) is 8.13. The number of aryl methyl sites for hydroxylation is 1. The molecule has 0 aliphatic heterocycles. The van der Waals surface area contributed by atoms with Gasteiger partial charge in [-0.15, -0.1) is 0 Å². The second kappa shape index (κ2) is 10.1. The van der Waals surface area contributed by atoms with Crippen LogP contribution >= 0.6 is 0 Å². The minimum absolute atomic E-state index is 0.135. The molecule has 1 aromatic heterocycles. The number of aromatic nitrogens is 1. The first-order valence-corrected chi connectivity index (χ1v) is 12.2. The van der Waals surface area contributed by atoms with Crippen LogP contribution in [0.2, 0.25) is 0 Å². The minimum atomic E-state index is -3.92. The van der Waals surface area contributed by atoms with E-state index in [1.807, 2.05) is 13.8 Å². The van der Waals surface area contributed by atoms with Crippen molar-refractivity contribution < 1.29 is 18.1 Å². The molecule has 2 atom stereocenters. The van der Waals surface area contributed by atoms with Gasteiger partial charge < -0.3 is 4.79 Å². The Morgan fingerprint density at radius 2 is 1.78 bits per heavy atom. The van der Waals surface area contributed by atoms with Gasteiger partial charge in [0.05, 0.1) is 16.3 Å². The third-order valence-corrected chi connectivity index (χ3v) is 7.55. The molecule has 3 aromatic rings. The number of carbonyl (C=O) groups is 1. The first kappa shape index (κ1) is 23.7. The molecule has 0 saturated heterocycles. The molecule has 0 radical (unpaired) electrons. The minimum Gasteiger partial charge on any atom is -0.303 e. The van der Waals surface area contributed by atoms with Crippen LogP contribution in [0.1, 0.15) is 49.7 Å². The van der Waals surface area contributed by atoms with Crippen molar-refractivity contribution in [2.45, 2.75) is 50.3 Å². The largest absolute Gasteiger partial charge is 0.303 e. The van der Waals surface area contributed by atoms with Crippen molar-refractivity contribution in [3.8, 4) is 0 Å². The Morgan fingerprint density at radius 1 is 1.09 bits per heavy atom. The monoisotopic (exact) mass is 456 g/mol. The zero-order valence-electron chi connectivity index (χ0n) is 18.3. The van der Waals surface area contributed by atoms with Crippen LogP contribution in [0.25, 0.3) is 10.9 Å². The summed E-state index contributed by atoms with van der Waals surface area (Å²) in [6.45, 7) is 3.49. The summed E-state index contributed by atoms with van der Waals surface area (Å²) in [4.78, 5) is 23.1. The number of benzene rings is 2. The Kier molecular flexibility index (Phi) is 7.45. The van der Waals surface area contributed by atoms with Crippen LogP contribution in [0.4, 0.5) is 0 Å². The fraction of sp³-hybridized carbons (Fsp3) is 0.375. The fourth-order valence-electron chi connectivity index (χ4n) is 4.11. The maximum absolute atomic E-state index is 13.4. The van der Waals surface area contributed by atoms with Gasteiger partial charge in [0.1, 0.15) is 6.29 Å². The summed E-state index contributed by atoms with van der Waals surface area (Å²) in [7, 11) is -3.92. The summed E-state index contributed by atoms with van der Waals surface area (Å²) >= 11 is 0. The van der Waals surface area contributed by atoms with Gasteiger partial charge in [0, 0.05) is 22.4 Å². The van der Waals surface area contributed by atoms with E-state index in [0.717, 1.165) is 31.1 Å². The predicted molar refractivity (Wildman–Crippen MR) is 124 cm³/mol. The van der Waals surface area contributed by atoms with Crippen LogP contribution in [-0.2, 0) is 14.8 Å². The average Bonchev–Trinajstić information content (AvgIpc) is 3.16. The lowest BCUT2D eigenvalue weighted by Crippen LogP contribution is -2.22. The lowest BCUT2D eigenvalue weighted by Gasteiger charge is -2.19. The van der Waals surface area contributed by atoms with E-state index in [1.165, 1.54) is 10.2 Å². The van der Waals surface area contributed by atoms with E-state index in [4.69, 9.17) is 0 Å². The topological polar surface area (TPSA) is 99.3 Å². The molecule has 0 saturated carbocycles. The fourth-order valence-corrected chi connectivity index (χ4v) is 5.49. The number of hydrogen-bond donors (Lipinski definition) is 0. The van der Waals surface area contributed by atoms with Crippen LogP contribution in [-0.4, -0.2) is 30.1 Å². The van der Waals surface area contributed by atoms with Crippen LogP contribution in [0, 0.1) is 23.0 Å². The van der Waals surface area contributed by atoms with Crippen molar-refractivity contribution in [1.29, 1.82) is 0 Å². The lowest BCUT2D eigenvalue weighted by molar-refractivity contribution is -0.484. The Morgan fingerprint density at radius 3 is 2.41 bits per heavy atom. The third-order valence-electron chi connectivity index (χ3n) is 5.86. The number of carbonyl (C=O) groups excluding carboxylic acids is 1. The molecule has 0 spiro atoms. The molecular formula is C24H28N2O5S. The predicted octanol–water partition coefficient (Wildman–Crippen LogP) is 4.94. The number of unbranched alkanes of at least 4 members (excludes halogenated alkanes) is 2. The molecule has 0 unspecified atom stereocenters. The van der Waals surface area contributed by atoms with Crippen molar-refractivity contribution in [3.05, 3.63) is 76.0 Å². The lowest BCUT2D eigenvalue weighted by atomic mass is 9.83. The molecule has 8 heteroatoms. The Bertz CT molecular complexity index is 1200. The number of rotatable bonds is 11. The van der Waals surface area contributed by atoms with Gasteiger partial charge >= 0.3 is 0 Å². The SMILES string of the molecule is CCCCC[C@H](C=O)[C@@H](C[N+](=O)[O-])c1cn(S(=O)(=O)c2ccc(C)cc2)c2ccccc12. The molecule has 2 aromatic carbocycles. The number of para-hydroxylation sites is 1. The molecule has 0 bridgehead atoms. The highest BCUT2D eigenvalue weighted by Gasteiger charge is 2.32. The molecule has 0 aliphatic carbocycles. The van der Waals surface area contributed by atoms with Gasteiger partial charge in [-0.2, -0.15) is 0 Å². The van der Waals surface area contributed by atoms with Gasteiger partial charge in [-0.25, -0.2) is 12.4 Å². The van der Waals surface area contributed by atoms with Crippen LogP contribution in [0.5, 0.6) is 0 Å². The Labute approximate surface area is 188 Å². The smallest absolute Gasteiger partial charge is 0.268 e. The van der Waals surface area contributed by atoms with E-state index in [0.29, 0.717) is 22.9 Å². The molecule has 7 nitrogen and oxygen atoms in total. The maximum atomic E-state index is 13.4. The highest BCUT2D eigenvalue weighted by Crippen LogP contribution is 2.36. The Balaban J connectivity index is 2.16. The van der Waals surface area contributed by atoms with E-state index in [-0.39, 0.29) is 4.90 Å². The van der Waals surface area contributed by atoms with Gasteiger partial charge in [0.25, 0.3) is 10.0 Å². The zero-order valence-corrected chi connectivity index (χ0v) is 19.1. The first-order valence-electron chi connectivity index (χ1n) is 10.8. The summed E-state index contributed by atoms with van der Waals surface area (Å²) in [5.41, 5.74) is 1.89. The van der Waals surface area contributed by atoms with Crippen molar-refractivity contribution in [1.82, 2.24) is 3.97 Å². The second-order valence-corrected chi connectivity index (χ2v) is 9.95. The van der Waals surface area contributed by atoms with Crippen molar-refractivity contribution in [2.24, 2.45) is 5.92 Å². The quantitative estimate of drug-likeness (QED) is 0.176. The van der Waals surface area contributed by atoms with E-state index >= 15 is 0 Å². The van der Waals surface area contributed by atoms with E-state index in [1.54, 1.807) is 48.5 Å². The molecule has 3 rings (SSSR count). The molecular weight excluding hydrogens is 428 g/mol. The molecule has 170 valence electrons. The number of aldehydes is 1. The molecule has 32 heavy (non-hydrogen) atoms. The summed E-state index contributed by atoms with van der Waals surface area (Å²) in [6, 6.07) is 13.5. The van der Waals surface area contributed by atoms with Crippen molar-refractivity contribution in [3.63, 3.8) is 0 Å². The van der Waals surface area contributed by atoms with Gasteiger partial charge in [-0.1, -0.05) is 62.1 Å². The van der Waals surface area contributed by atoms with Crippen molar-refractivity contribution in [2.75, 3.05) is 6.54 Å². The van der Waals surface area contributed by atoms with Gasteiger partial charge in [-0.3, -0.25) is 10.1 Å². The van der Waals surface area contributed by atoms with Crippen LogP contribution in [0.3, 0.4) is 0 Å². The summed E-state index contributed by atoms with van der Waals surface area (Å²) in [5, 5.41) is 12.1. The Hall–Kier alpha value is -3.00. The summed E-state index contributed by atoms with van der Waals surface area (Å²) in [5.74, 6) is -1.27. The molecule has 0 aliphatic rings. The van der Waals surface area contributed by atoms with Crippen LogP contribution < -0.4 is 0 Å². The highest BCUT2D eigenvalue weighted by molar-refractivity contribution is 7.90. The van der Waals surface area contributed by atoms with Crippen molar-refractivity contribution >= 4 is 27.2 Å². The highest BCUT2D eigenvalue weighted by atomic mass is 32.2. The number of fused-ring (bicyclic) bond motifs is 1.